The van der Waals surface area contributed by atoms with Crippen molar-refractivity contribution in [2.75, 3.05) is 12.9 Å². The summed E-state index contributed by atoms with van der Waals surface area (Å²) in [6.45, 7) is 1.43. The summed E-state index contributed by atoms with van der Waals surface area (Å²) in [7, 11) is -3.41. The van der Waals surface area contributed by atoms with E-state index >= 15 is 0 Å². The summed E-state index contributed by atoms with van der Waals surface area (Å²) in [6, 6.07) is 1.65. The molecule has 1 rings (SSSR count). The second kappa shape index (κ2) is 4.54. The van der Waals surface area contributed by atoms with Crippen LogP contribution in [0.4, 0.5) is 0 Å². The van der Waals surface area contributed by atoms with Crippen molar-refractivity contribution in [2.45, 2.75) is 13.3 Å². The zero-order valence-corrected chi connectivity index (χ0v) is 9.32. The fourth-order valence-corrected chi connectivity index (χ4v) is 1.35. The van der Waals surface area contributed by atoms with Gasteiger partial charge in [-0.3, -0.25) is 8.98 Å². The summed E-state index contributed by atoms with van der Waals surface area (Å²) in [5.74, 6) is -0.190. The van der Waals surface area contributed by atoms with E-state index in [9.17, 15) is 13.2 Å². The predicted molar refractivity (Wildman–Crippen MR) is 53.0 cm³/mol. The van der Waals surface area contributed by atoms with Crippen LogP contribution in [0.5, 0.6) is 0 Å². The molecule has 6 nitrogen and oxygen atoms in total. The van der Waals surface area contributed by atoms with Gasteiger partial charge in [0.05, 0.1) is 18.6 Å². The van der Waals surface area contributed by atoms with Gasteiger partial charge in [-0.2, -0.15) is 13.5 Å². The molecule has 0 saturated heterocycles. The fourth-order valence-electron chi connectivity index (χ4n) is 0.968. The van der Waals surface area contributed by atoms with Crippen molar-refractivity contribution in [3.63, 3.8) is 0 Å². The van der Waals surface area contributed by atoms with Gasteiger partial charge in [-0.25, -0.2) is 4.68 Å². The van der Waals surface area contributed by atoms with Gasteiger partial charge in [-0.05, 0) is 6.07 Å². The molecule has 0 aliphatic carbocycles. The summed E-state index contributed by atoms with van der Waals surface area (Å²) >= 11 is 0. The third-order valence-electron chi connectivity index (χ3n) is 1.62. The van der Waals surface area contributed by atoms with Crippen LogP contribution >= 0.6 is 0 Å². The molecule has 0 bridgehead atoms. The lowest BCUT2D eigenvalue weighted by molar-refractivity contribution is 0.0920. The smallest absolute Gasteiger partial charge is 0.264 e. The summed E-state index contributed by atoms with van der Waals surface area (Å²) in [5.41, 5.74) is 0.619. The molecule has 1 aromatic rings. The average molecular weight is 232 g/mol. The maximum atomic E-state index is 10.9. The second-order valence-corrected chi connectivity index (χ2v) is 4.69. The summed E-state index contributed by atoms with van der Waals surface area (Å²) in [4.78, 5) is 10.9. The standard InChI is InChI=1S/C8H12N2O4S/c1-7(11)10-5-3-8(9-10)4-6-14-15(2,12)13/h3,5H,4,6H2,1-2H3. The molecule has 0 fully saturated rings. The van der Waals surface area contributed by atoms with Crippen LogP contribution in [0, 0.1) is 0 Å². The van der Waals surface area contributed by atoms with Crippen LogP contribution < -0.4 is 0 Å². The van der Waals surface area contributed by atoms with Crippen LogP contribution in [0.1, 0.15) is 17.4 Å². The third-order valence-corrected chi connectivity index (χ3v) is 2.22. The van der Waals surface area contributed by atoms with Gasteiger partial charge in [0.2, 0.25) is 5.91 Å². The lowest BCUT2D eigenvalue weighted by Gasteiger charge is -1.98. The van der Waals surface area contributed by atoms with E-state index in [1.165, 1.54) is 17.8 Å². The highest BCUT2D eigenvalue weighted by atomic mass is 32.2. The molecule has 7 heteroatoms. The largest absolute Gasteiger partial charge is 0.273 e. The quantitative estimate of drug-likeness (QED) is 0.686. The Labute approximate surface area is 88.0 Å². The van der Waals surface area contributed by atoms with Gasteiger partial charge in [0, 0.05) is 19.5 Å². The number of carbonyl (C=O) groups is 1. The molecule has 0 amide bonds. The van der Waals surface area contributed by atoms with Crippen LogP contribution in [-0.4, -0.2) is 37.0 Å². The van der Waals surface area contributed by atoms with Gasteiger partial charge < -0.3 is 0 Å². The Morgan fingerprint density at radius 1 is 1.60 bits per heavy atom. The Morgan fingerprint density at radius 2 is 2.27 bits per heavy atom. The summed E-state index contributed by atoms with van der Waals surface area (Å²) in [5, 5.41) is 3.92. The topological polar surface area (TPSA) is 78.3 Å². The van der Waals surface area contributed by atoms with E-state index in [0.29, 0.717) is 12.1 Å². The number of hydrogen-bond acceptors (Lipinski definition) is 5. The van der Waals surface area contributed by atoms with Crippen molar-refractivity contribution in [2.24, 2.45) is 0 Å². The zero-order chi connectivity index (χ0) is 11.5. The van der Waals surface area contributed by atoms with Gasteiger partial charge in [-0.1, -0.05) is 0 Å². The molecule has 1 aromatic heterocycles. The maximum absolute atomic E-state index is 10.9. The number of nitrogens with zero attached hydrogens (tertiary/aromatic N) is 2. The van der Waals surface area contributed by atoms with Gasteiger partial charge >= 0.3 is 0 Å². The van der Waals surface area contributed by atoms with E-state index in [4.69, 9.17) is 0 Å². The van der Waals surface area contributed by atoms with Crippen LogP contribution in [0.3, 0.4) is 0 Å². The van der Waals surface area contributed by atoms with Crippen LogP contribution in [0.2, 0.25) is 0 Å². The lowest BCUT2D eigenvalue weighted by atomic mass is 10.3. The van der Waals surface area contributed by atoms with Crippen molar-refractivity contribution in [3.05, 3.63) is 18.0 Å². The molecule has 0 aliphatic heterocycles. The van der Waals surface area contributed by atoms with Gasteiger partial charge in [0.15, 0.2) is 0 Å². The normalized spacial score (nSPS) is 11.6. The van der Waals surface area contributed by atoms with Crippen molar-refractivity contribution in [3.8, 4) is 0 Å². The van der Waals surface area contributed by atoms with E-state index in [0.717, 1.165) is 6.26 Å². The molecule has 0 radical (unpaired) electrons. The first-order valence-corrected chi connectivity index (χ1v) is 6.10. The molecule has 0 spiro atoms. The van der Waals surface area contributed by atoms with E-state index in [-0.39, 0.29) is 12.5 Å². The van der Waals surface area contributed by atoms with Crippen LogP contribution in [0.15, 0.2) is 12.3 Å². The Bertz CT molecular complexity index is 449. The Balaban J connectivity index is 2.48. The molecular weight excluding hydrogens is 220 g/mol. The molecule has 0 aromatic carbocycles. The maximum Gasteiger partial charge on any atom is 0.264 e. The van der Waals surface area contributed by atoms with E-state index in [2.05, 4.69) is 9.28 Å². The van der Waals surface area contributed by atoms with Crippen molar-refractivity contribution >= 4 is 16.0 Å². The number of aromatic nitrogens is 2. The molecule has 0 unspecified atom stereocenters. The average Bonchev–Trinajstić information content (AvgIpc) is 2.50. The highest BCUT2D eigenvalue weighted by molar-refractivity contribution is 7.85. The van der Waals surface area contributed by atoms with Gasteiger partial charge in [0.25, 0.3) is 10.1 Å². The Hall–Kier alpha value is -1.21. The minimum atomic E-state index is -3.41. The first-order chi connectivity index (χ1) is 6.88. The molecule has 0 saturated carbocycles. The minimum absolute atomic E-state index is 0.0355. The highest BCUT2D eigenvalue weighted by Crippen LogP contribution is 1.98. The molecule has 1 heterocycles. The van der Waals surface area contributed by atoms with E-state index in [1.807, 2.05) is 0 Å². The van der Waals surface area contributed by atoms with E-state index in [1.54, 1.807) is 6.07 Å². The Morgan fingerprint density at radius 3 is 2.73 bits per heavy atom. The first kappa shape index (κ1) is 11.9. The zero-order valence-electron chi connectivity index (χ0n) is 8.50. The first-order valence-electron chi connectivity index (χ1n) is 4.28. The van der Waals surface area contributed by atoms with E-state index < -0.39 is 10.1 Å². The second-order valence-electron chi connectivity index (χ2n) is 3.05. The fraction of sp³-hybridized carbons (Fsp3) is 0.500. The molecule has 0 atom stereocenters. The van der Waals surface area contributed by atoms with Crippen molar-refractivity contribution in [1.29, 1.82) is 0 Å². The number of carbonyl (C=O) groups excluding carboxylic acids is 1. The molecule has 0 N–H and O–H groups in total. The molecule has 0 aliphatic rings. The van der Waals surface area contributed by atoms with Crippen LogP contribution in [0.25, 0.3) is 0 Å². The molecule has 15 heavy (non-hydrogen) atoms. The highest BCUT2D eigenvalue weighted by Gasteiger charge is 2.05. The SMILES string of the molecule is CC(=O)n1ccc(CCOS(C)(=O)=O)n1. The predicted octanol–water partition coefficient (Wildman–Crippen LogP) is 0.0619. The summed E-state index contributed by atoms with van der Waals surface area (Å²) in [6.07, 6.45) is 2.87. The minimum Gasteiger partial charge on any atom is -0.273 e. The summed E-state index contributed by atoms with van der Waals surface area (Å²) < 4.78 is 27.0. The lowest BCUT2D eigenvalue weighted by Crippen LogP contribution is -2.09. The molecule has 84 valence electrons. The van der Waals surface area contributed by atoms with Crippen molar-refractivity contribution in [1.82, 2.24) is 9.78 Å². The monoisotopic (exact) mass is 232 g/mol. The molecular formula is C8H12N2O4S. The Kier molecular flexibility index (Phi) is 3.59. The number of rotatable bonds is 4. The van der Waals surface area contributed by atoms with Gasteiger partial charge in [-0.15, -0.1) is 0 Å². The number of hydrogen-bond donors (Lipinski definition) is 0. The van der Waals surface area contributed by atoms with Crippen LogP contribution in [-0.2, 0) is 20.7 Å². The van der Waals surface area contributed by atoms with Gasteiger partial charge in [0.1, 0.15) is 0 Å². The third kappa shape index (κ3) is 4.22. The van der Waals surface area contributed by atoms with Crippen molar-refractivity contribution < 1.29 is 17.4 Å².